The third-order valence-electron chi connectivity index (χ3n) is 3.11. The van der Waals surface area contributed by atoms with Gasteiger partial charge in [-0.05, 0) is 31.4 Å². The number of halogens is 2. The summed E-state index contributed by atoms with van der Waals surface area (Å²) in [5.41, 5.74) is -0.340. The molecule has 2 N–H and O–H groups in total. The number of rotatable bonds is 4. The van der Waals surface area contributed by atoms with E-state index in [0.717, 1.165) is 18.6 Å². The van der Waals surface area contributed by atoms with Crippen LogP contribution in [-0.2, 0) is 10.0 Å². The molecule has 1 aromatic rings. The smallest absolute Gasteiger partial charge is 0.337 e. The number of nitrogens with one attached hydrogen (secondary N) is 1. The topological polar surface area (TPSA) is 83.5 Å². The Hall–Kier alpha value is -1.08. The van der Waals surface area contributed by atoms with E-state index >= 15 is 0 Å². The highest BCUT2D eigenvalue weighted by atomic mass is 35.5. The second-order valence-corrected chi connectivity index (χ2v) is 7.17. The number of benzene rings is 1. The monoisotopic (exact) mass is 349 g/mol. The van der Waals surface area contributed by atoms with Gasteiger partial charge in [-0.25, -0.2) is 17.9 Å². The summed E-state index contributed by atoms with van der Waals surface area (Å²) in [4.78, 5) is 10.8. The van der Waals surface area contributed by atoms with Crippen molar-refractivity contribution in [3.63, 3.8) is 0 Å². The lowest BCUT2D eigenvalue weighted by molar-refractivity contribution is 0.0697. The van der Waals surface area contributed by atoms with Gasteiger partial charge in [-0.3, -0.25) is 0 Å². The van der Waals surface area contributed by atoms with Gasteiger partial charge in [0.1, 0.15) is 4.90 Å². The van der Waals surface area contributed by atoms with Gasteiger partial charge in [0, 0.05) is 11.1 Å². The number of carbonyl (C=O) groups is 1. The molecule has 0 aliphatic heterocycles. The second kappa shape index (κ2) is 6.36. The summed E-state index contributed by atoms with van der Waals surface area (Å²) in [6.45, 7) is 0. The molecule has 8 heteroatoms. The third-order valence-corrected chi connectivity index (χ3v) is 5.40. The van der Waals surface area contributed by atoms with Crippen molar-refractivity contribution < 1.29 is 18.3 Å². The van der Waals surface area contributed by atoms with E-state index in [0.29, 0.717) is 12.8 Å². The molecule has 0 fully saturated rings. The van der Waals surface area contributed by atoms with E-state index in [2.05, 4.69) is 4.72 Å². The van der Waals surface area contributed by atoms with E-state index in [1.54, 1.807) is 0 Å². The lowest BCUT2D eigenvalue weighted by Gasteiger charge is -2.20. The molecule has 0 aromatic heterocycles. The summed E-state index contributed by atoms with van der Waals surface area (Å²) in [6, 6.07) is 2.04. The quantitative estimate of drug-likeness (QED) is 0.818. The van der Waals surface area contributed by atoms with Crippen molar-refractivity contribution in [2.24, 2.45) is 0 Å². The molecule has 5 nitrogen and oxygen atoms in total. The van der Waals surface area contributed by atoms with Crippen molar-refractivity contribution in [1.82, 2.24) is 4.72 Å². The summed E-state index contributed by atoms with van der Waals surface area (Å²) >= 11 is 11.7. The van der Waals surface area contributed by atoms with E-state index in [9.17, 15) is 13.2 Å². The summed E-state index contributed by atoms with van der Waals surface area (Å²) in [5.74, 6) is -1.33. The predicted molar refractivity (Wildman–Crippen MR) is 80.5 cm³/mol. The Kier molecular flexibility index (Phi) is 4.93. The maximum Gasteiger partial charge on any atom is 0.337 e. The minimum atomic E-state index is -3.93. The van der Waals surface area contributed by atoms with Gasteiger partial charge in [-0.15, -0.1) is 0 Å². The molecule has 1 atom stereocenters. The van der Waals surface area contributed by atoms with E-state index < -0.39 is 16.0 Å². The first-order chi connectivity index (χ1) is 9.81. The first-order valence-corrected chi connectivity index (χ1v) is 8.45. The number of allylic oxidation sites excluding steroid dienone is 1. The van der Waals surface area contributed by atoms with Gasteiger partial charge < -0.3 is 5.11 Å². The summed E-state index contributed by atoms with van der Waals surface area (Å²) in [5, 5.41) is 8.69. The SMILES string of the molecule is O=C(O)c1cc(Cl)cc(S(=O)(=O)NC2CC=CCC2)c1Cl. The van der Waals surface area contributed by atoms with E-state index in [-0.39, 0.29) is 26.5 Å². The van der Waals surface area contributed by atoms with Crippen LogP contribution in [0.4, 0.5) is 0 Å². The average molecular weight is 350 g/mol. The molecule has 1 aromatic carbocycles. The fourth-order valence-corrected chi connectivity index (χ4v) is 4.28. The van der Waals surface area contributed by atoms with E-state index in [4.69, 9.17) is 28.3 Å². The molecule has 1 unspecified atom stereocenters. The predicted octanol–water partition coefficient (Wildman–Crippen LogP) is 3.08. The van der Waals surface area contributed by atoms with Crippen LogP contribution in [0.3, 0.4) is 0 Å². The molecule has 0 saturated heterocycles. The van der Waals surface area contributed by atoms with Crippen molar-refractivity contribution in [1.29, 1.82) is 0 Å². The fraction of sp³-hybridized carbons (Fsp3) is 0.308. The lowest BCUT2D eigenvalue weighted by Crippen LogP contribution is -2.35. The molecule has 114 valence electrons. The number of aromatic carboxylic acids is 1. The Balaban J connectivity index is 2.40. The Morgan fingerprint density at radius 3 is 2.57 bits per heavy atom. The molecule has 0 bridgehead atoms. The van der Waals surface area contributed by atoms with Crippen LogP contribution in [0.25, 0.3) is 0 Å². The summed E-state index contributed by atoms with van der Waals surface area (Å²) in [6.07, 6.45) is 5.94. The number of sulfonamides is 1. The first kappa shape index (κ1) is 16.3. The van der Waals surface area contributed by atoms with Crippen molar-refractivity contribution in [3.05, 3.63) is 39.9 Å². The van der Waals surface area contributed by atoms with Crippen LogP contribution in [0.1, 0.15) is 29.6 Å². The van der Waals surface area contributed by atoms with Crippen LogP contribution in [0.5, 0.6) is 0 Å². The van der Waals surface area contributed by atoms with Crippen LogP contribution in [-0.4, -0.2) is 25.5 Å². The highest BCUT2D eigenvalue weighted by molar-refractivity contribution is 7.89. The van der Waals surface area contributed by atoms with Gasteiger partial charge in [0.25, 0.3) is 0 Å². The number of carboxylic acid groups (broad SMARTS) is 1. The molecular weight excluding hydrogens is 337 g/mol. The number of hydrogen-bond donors (Lipinski definition) is 2. The lowest BCUT2D eigenvalue weighted by atomic mass is 10.0. The number of carboxylic acids is 1. The average Bonchev–Trinajstić information content (AvgIpc) is 2.41. The van der Waals surface area contributed by atoms with Gasteiger partial charge in [0.2, 0.25) is 10.0 Å². The molecule has 0 radical (unpaired) electrons. The minimum absolute atomic E-state index is 0.000662. The maximum atomic E-state index is 12.4. The molecule has 0 saturated carbocycles. The highest BCUT2D eigenvalue weighted by Gasteiger charge is 2.26. The van der Waals surface area contributed by atoms with E-state index in [1.165, 1.54) is 0 Å². The van der Waals surface area contributed by atoms with Gasteiger partial charge in [0.05, 0.1) is 10.6 Å². The molecule has 21 heavy (non-hydrogen) atoms. The van der Waals surface area contributed by atoms with Crippen LogP contribution in [0.15, 0.2) is 29.2 Å². The van der Waals surface area contributed by atoms with Gasteiger partial charge in [-0.1, -0.05) is 35.4 Å². The maximum absolute atomic E-state index is 12.4. The van der Waals surface area contributed by atoms with Gasteiger partial charge in [0.15, 0.2) is 0 Å². The Bertz CT molecular complexity index is 700. The molecule has 0 amide bonds. The summed E-state index contributed by atoms with van der Waals surface area (Å²) in [7, 11) is -3.93. The molecule has 0 spiro atoms. The van der Waals surface area contributed by atoms with E-state index in [1.807, 2.05) is 12.2 Å². The zero-order valence-electron chi connectivity index (χ0n) is 10.8. The zero-order valence-corrected chi connectivity index (χ0v) is 13.2. The van der Waals surface area contributed by atoms with Gasteiger partial charge >= 0.3 is 5.97 Å². The van der Waals surface area contributed by atoms with Crippen molar-refractivity contribution in [2.45, 2.75) is 30.2 Å². The van der Waals surface area contributed by atoms with Crippen LogP contribution in [0, 0.1) is 0 Å². The minimum Gasteiger partial charge on any atom is -0.478 e. The number of hydrogen-bond acceptors (Lipinski definition) is 3. The second-order valence-electron chi connectivity index (χ2n) is 4.67. The van der Waals surface area contributed by atoms with Crippen LogP contribution in [0.2, 0.25) is 10.0 Å². The third kappa shape index (κ3) is 3.77. The largest absolute Gasteiger partial charge is 0.478 e. The Labute approximate surface area is 132 Å². The fourth-order valence-electron chi connectivity index (χ4n) is 2.10. The summed E-state index contributed by atoms with van der Waals surface area (Å²) < 4.78 is 27.3. The van der Waals surface area contributed by atoms with Crippen LogP contribution < -0.4 is 4.72 Å². The van der Waals surface area contributed by atoms with Crippen molar-refractivity contribution in [2.75, 3.05) is 0 Å². The molecule has 1 aliphatic carbocycles. The Morgan fingerprint density at radius 1 is 1.29 bits per heavy atom. The van der Waals surface area contributed by atoms with Crippen molar-refractivity contribution >= 4 is 39.2 Å². The van der Waals surface area contributed by atoms with Crippen LogP contribution >= 0.6 is 23.2 Å². The highest BCUT2D eigenvalue weighted by Crippen LogP contribution is 2.30. The van der Waals surface area contributed by atoms with Gasteiger partial charge in [-0.2, -0.15) is 0 Å². The molecular formula is C13H13Cl2NO4S. The standard InChI is InChI=1S/C13H13Cl2NO4S/c14-8-6-10(13(17)18)12(15)11(7-8)21(19,20)16-9-4-2-1-3-5-9/h1-2,6-7,9,16H,3-5H2,(H,17,18). The molecule has 1 aliphatic rings. The van der Waals surface area contributed by atoms with Crippen molar-refractivity contribution in [3.8, 4) is 0 Å². The Morgan fingerprint density at radius 2 is 2.00 bits per heavy atom. The zero-order chi connectivity index (χ0) is 15.6. The first-order valence-electron chi connectivity index (χ1n) is 6.21. The normalized spacial score (nSPS) is 18.7. The molecule has 0 heterocycles. The molecule has 2 rings (SSSR count).